The number of nitrogens with zero attached hydrogens (tertiary/aromatic N) is 2. The molecule has 0 fully saturated rings. The average Bonchev–Trinajstić information content (AvgIpc) is 3.50. The Kier molecular flexibility index (Phi) is 5.86. The number of aromatic hydroxyl groups is 1. The number of benzene rings is 3. The number of carbonyl (C=O) groups excluding carboxylic acids is 1. The molecule has 5 rings (SSSR count). The van der Waals surface area contributed by atoms with Crippen LogP contribution in [0.15, 0.2) is 101 Å². The zero-order valence-corrected chi connectivity index (χ0v) is 19.1. The van der Waals surface area contributed by atoms with Crippen LogP contribution in [0, 0.1) is 10.1 Å². The summed E-state index contributed by atoms with van der Waals surface area (Å²) in [6.07, 6.45) is 3.25. The number of anilines is 1. The van der Waals surface area contributed by atoms with Crippen LogP contribution in [0.1, 0.15) is 21.7 Å². The smallest absolute Gasteiger partial charge is 0.339 e. The van der Waals surface area contributed by atoms with Crippen molar-refractivity contribution in [2.45, 2.75) is 0 Å². The molecule has 1 aromatic heterocycles. The van der Waals surface area contributed by atoms with E-state index in [9.17, 15) is 29.9 Å². The van der Waals surface area contributed by atoms with Crippen molar-refractivity contribution >= 4 is 35.0 Å². The Morgan fingerprint density at radius 3 is 2.35 bits per heavy atom. The molecule has 0 radical (unpaired) electrons. The van der Waals surface area contributed by atoms with Gasteiger partial charge in [-0.3, -0.25) is 19.8 Å². The maximum atomic E-state index is 13.5. The zero-order valence-electron chi connectivity index (χ0n) is 19.1. The van der Waals surface area contributed by atoms with E-state index in [1.54, 1.807) is 36.4 Å². The fourth-order valence-corrected chi connectivity index (χ4v) is 4.01. The van der Waals surface area contributed by atoms with Crippen LogP contribution in [-0.4, -0.2) is 27.0 Å². The first-order valence-corrected chi connectivity index (χ1v) is 11.1. The molecular formula is C28H18N2O7. The van der Waals surface area contributed by atoms with Crippen LogP contribution >= 0.6 is 0 Å². The van der Waals surface area contributed by atoms with Gasteiger partial charge in [0.2, 0.25) is 0 Å². The van der Waals surface area contributed by atoms with E-state index in [0.717, 1.165) is 5.56 Å². The van der Waals surface area contributed by atoms with Gasteiger partial charge in [0.05, 0.1) is 16.3 Å². The molecule has 0 saturated heterocycles. The van der Waals surface area contributed by atoms with Gasteiger partial charge in [-0.2, -0.15) is 0 Å². The lowest BCUT2D eigenvalue weighted by Crippen LogP contribution is -2.25. The summed E-state index contributed by atoms with van der Waals surface area (Å²) in [6, 6.07) is 22.4. The number of hydrogen-bond acceptors (Lipinski definition) is 6. The number of amides is 1. The number of nitro benzene ring substituents is 1. The third kappa shape index (κ3) is 4.48. The van der Waals surface area contributed by atoms with Crippen molar-refractivity contribution in [3.8, 4) is 17.1 Å². The number of hydrogen-bond donors (Lipinski definition) is 2. The van der Waals surface area contributed by atoms with Crippen molar-refractivity contribution in [1.29, 1.82) is 0 Å². The molecule has 2 heterocycles. The average molecular weight is 494 g/mol. The van der Waals surface area contributed by atoms with Gasteiger partial charge in [-0.15, -0.1) is 0 Å². The Labute approximate surface area is 210 Å². The van der Waals surface area contributed by atoms with E-state index in [1.807, 2.05) is 30.3 Å². The van der Waals surface area contributed by atoms with Gasteiger partial charge in [0, 0.05) is 23.3 Å². The number of carboxylic acid groups (broad SMARTS) is 1. The Morgan fingerprint density at radius 1 is 0.946 bits per heavy atom. The van der Waals surface area contributed by atoms with E-state index in [4.69, 9.17) is 4.42 Å². The van der Waals surface area contributed by atoms with E-state index in [2.05, 4.69) is 0 Å². The molecular weight excluding hydrogens is 476 g/mol. The maximum Gasteiger partial charge on any atom is 0.339 e. The van der Waals surface area contributed by atoms with Crippen molar-refractivity contribution in [3.05, 3.63) is 124 Å². The highest BCUT2D eigenvalue weighted by Gasteiger charge is 2.31. The predicted octanol–water partition coefficient (Wildman–Crippen LogP) is 5.73. The van der Waals surface area contributed by atoms with Gasteiger partial charge < -0.3 is 14.6 Å². The third-order valence-electron chi connectivity index (χ3n) is 5.81. The van der Waals surface area contributed by atoms with Gasteiger partial charge >= 0.3 is 5.97 Å². The number of non-ortho nitro benzene ring substituents is 1. The molecule has 2 N–H and O–H groups in total. The van der Waals surface area contributed by atoms with Crippen LogP contribution in [0.3, 0.4) is 0 Å². The van der Waals surface area contributed by atoms with Crippen LogP contribution in [0.5, 0.6) is 5.75 Å². The molecule has 1 aliphatic rings. The molecule has 9 heteroatoms. The largest absolute Gasteiger partial charge is 0.507 e. The fourth-order valence-electron chi connectivity index (χ4n) is 4.01. The molecule has 182 valence electrons. The second-order valence-corrected chi connectivity index (χ2v) is 8.15. The Balaban J connectivity index is 1.53. The fraction of sp³-hybridized carbons (Fsp3) is 0. The number of rotatable bonds is 6. The first-order chi connectivity index (χ1) is 17.8. The topological polar surface area (TPSA) is 134 Å². The lowest BCUT2D eigenvalue weighted by atomic mass is 10.1. The van der Waals surface area contributed by atoms with Crippen molar-refractivity contribution in [1.82, 2.24) is 0 Å². The van der Waals surface area contributed by atoms with Crippen LogP contribution in [-0.2, 0) is 4.79 Å². The molecule has 0 bridgehead atoms. The highest BCUT2D eigenvalue weighted by atomic mass is 16.6. The lowest BCUT2D eigenvalue weighted by molar-refractivity contribution is -0.384. The van der Waals surface area contributed by atoms with Crippen molar-refractivity contribution in [2.75, 3.05) is 4.90 Å². The van der Waals surface area contributed by atoms with E-state index in [1.165, 1.54) is 35.2 Å². The highest BCUT2D eigenvalue weighted by molar-refractivity contribution is 6.23. The van der Waals surface area contributed by atoms with Gasteiger partial charge in [0.1, 0.15) is 22.8 Å². The second kappa shape index (κ2) is 9.31. The van der Waals surface area contributed by atoms with Gasteiger partial charge in [0.25, 0.3) is 11.6 Å². The molecule has 1 amide bonds. The van der Waals surface area contributed by atoms with Crippen molar-refractivity contribution in [3.63, 3.8) is 0 Å². The van der Waals surface area contributed by atoms with Crippen molar-refractivity contribution < 1.29 is 29.1 Å². The molecule has 3 aromatic carbocycles. The summed E-state index contributed by atoms with van der Waals surface area (Å²) < 4.78 is 5.87. The molecule has 1 aliphatic heterocycles. The molecule has 0 spiro atoms. The molecule has 9 nitrogen and oxygen atoms in total. The Hall–Kier alpha value is -5.44. The van der Waals surface area contributed by atoms with Crippen LogP contribution < -0.4 is 4.90 Å². The SMILES string of the molecule is O=C(O)c1cc(N2C(=O)C(=Cc3ccc(-c4ccc([N+](=O)[O-])cc4)o3)C=C2c2ccccc2)ccc1O. The normalized spacial score (nSPS) is 14.2. The summed E-state index contributed by atoms with van der Waals surface area (Å²) >= 11 is 0. The molecule has 0 saturated carbocycles. The minimum absolute atomic E-state index is 0.0341. The van der Waals surface area contributed by atoms with Crippen LogP contribution in [0.2, 0.25) is 0 Å². The first-order valence-electron chi connectivity index (χ1n) is 11.1. The van der Waals surface area contributed by atoms with Gasteiger partial charge in [0.15, 0.2) is 0 Å². The van der Waals surface area contributed by atoms with E-state index in [-0.39, 0.29) is 16.9 Å². The summed E-state index contributed by atoms with van der Waals surface area (Å²) in [5.74, 6) is -1.27. The van der Waals surface area contributed by atoms with Crippen molar-refractivity contribution in [2.24, 2.45) is 0 Å². The van der Waals surface area contributed by atoms with Gasteiger partial charge in [-0.05, 0) is 60.2 Å². The molecule has 4 aromatic rings. The predicted molar refractivity (Wildman–Crippen MR) is 136 cm³/mol. The lowest BCUT2D eigenvalue weighted by Gasteiger charge is -2.21. The number of nitro groups is 1. The minimum atomic E-state index is -1.32. The van der Waals surface area contributed by atoms with E-state index in [0.29, 0.717) is 28.4 Å². The maximum absolute atomic E-state index is 13.5. The summed E-state index contributed by atoms with van der Waals surface area (Å²) in [4.78, 5) is 36.9. The zero-order chi connectivity index (χ0) is 26.1. The molecule has 0 atom stereocenters. The number of furan rings is 1. The highest BCUT2D eigenvalue weighted by Crippen LogP contribution is 2.37. The number of carboxylic acids is 1. The Morgan fingerprint density at radius 2 is 1.68 bits per heavy atom. The van der Waals surface area contributed by atoms with Crippen LogP contribution in [0.4, 0.5) is 11.4 Å². The van der Waals surface area contributed by atoms with E-state index >= 15 is 0 Å². The first kappa shape index (κ1) is 23.3. The van der Waals surface area contributed by atoms with Gasteiger partial charge in [-0.25, -0.2) is 4.79 Å². The number of phenols is 1. The summed E-state index contributed by atoms with van der Waals surface area (Å²) in [6.45, 7) is 0. The van der Waals surface area contributed by atoms with E-state index < -0.39 is 22.5 Å². The molecule has 0 aliphatic carbocycles. The Bertz CT molecular complexity index is 1600. The van der Waals surface area contributed by atoms with Gasteiger partial charge in [-0.1, -0.05) is 30.3 Å². The summed E-state index contributed by atoms with van der Waals surface area (Å²) in [7, 11) is 0. The quantitative estimate of drug-likeness (QED) is 0.199. The number of carbonyl (C=O) groups is 2. The molecule has 0 unspecified atom stereocenters. The second-order valence-electron chi connectivity index (χ2n) is 8.15. The van der Waals surface area contributed by atoms with Crippen LogP contribution in [0.25, 0.3) is 23.1 Å². The number of aromatic carboxylic acids is 1. The minimum Gasteiger partial charge on any atom is -0.507 e. The monoisotopic (exact) mass is 494 g/mol. The molecule has 37 heavy (non-hydrogen) atoms. The standard InChI is InChI=1S/C28H18N2O7/c31-25-12-10-21(16-23(25)28(33)34)29-24(17-4-2-1-3-5-17)15-19(27(29)32)14-22-11-13-26(37-22)18-6-8-20(9-7-18)30(35)36/h1-16,31H,(H,33,34). The summed E-state index contributed by atoms with van der Waals surface area (Å²) in [5.41, 5.74) is 2.12. The third-order valence-corrected chi connectivity index (χ3v) is 5.81. The summed E-state index contributed by atoms with van der Waals surface area (Å²) in [5, 5.41) is 30.3.